The molecule has 4 heteroatoms. The molecule has 3 nitrogen and oxygen atoms in total. The van der Waals surface area contributed by atoms with Gasteiger partial charge in [-0.1, -0.05) is 12.2 Å². The maximum Gasteiger partial charge on any atom is 0.193 e. The standard InChI is InChI=1S/C11H15N3S/c1-12-6-4-2-3-5-10-9-14-7-8-15-11(14)13-10/h2-3,7-9,12H,4-6H2,1H3/b3-2+. The molecule has 0 aliphatic carbocycles. The lowest BCUT2D eigenvalue weighted by atomic mass is 10.3. The van der Waals surface area contributed by atoms with Gasteiger partial charge in [-0.3, -0.25) is 4.40 Å². The molecule has 0 radical (unpaired) electrons. The molecule has 1 N–H and O–H groups in total. The number of hydrogen-bond donors (Lipinski definition) is 1. The van der Waals surface area contributed by atoms with Gasteiger partial charge in [0.15, 0.2) is 4.96 Å². The topological polar surface area (TPSA) is 29.3 Å². The van der Waals surface area contributed by atoms with Crippen LogP contribution < -0.4 is 5.32 Å². The quantitative estimate of drug-likeness (QED) is 0.619. The average Bonchev–Trinajstić information content (AvgIpc) is 2.77. The Bertz CT molecular complexity index is 413. The summed E-state index contributed by atoms with van der Waals surface area (Å²) in [6, 6.07) is 0. The van der Waals surface area contributed by atoms with E-state index in [4.69, 9.17) is 0 Å². The van der Waals surface area contributed by atoms with Gasteiger partial charge in [0.1, 0.15) is 0 Å². The number of imidazole rings is 1. The summed E-state index contributed by atoms with van der Waals surface area (Å²) in [6.07, 6.45) is 10.5. The predicted octanol–water partition coefficient (Wildman–Crippen LogP) is 2.10. The highest BCUT2D eigenvalue weighted by atomic mass is 32.1. The molecule has 0 unspecified atom stereocenters. The molecular formula is C11H15N3S. The number of fused-ring (bicyclic) bond motifs is 1. The molecule has 0 aromatic carbocycles. The Morgan fingerprint density at radius 3 is 3.27 bits per heavy atom. The summed E-state index contributed by atoms with van der Waals surface area (Å²) in [7, 11) is 1.97. The Morgan fingerprint density at radius 1 is 1.53 bits per heavy atom. The van der Waals surface area contributed by atoms with Crippen molar-refractivity contribution in [1.82, 2.24) is 14.7 Å². The van der Waals surface area contributed by atoms with Gasteiger partial charge in [-0.15, -0.1) is 11.3 Å². The van der Waals surface area contributed by atoms with Crippen molar-refractivity contribution in [2.75, 3.05) is 13.6 Å². The third kappa shape index (κ3) is 2.67. The van der Waals surface area contributed by atoms with Gasteiger partial charge in [0.2, 0.25) is 0 Å². The van der Waals surface area contributed by atoms with Crippen LogP contribution in [-0.4, -0.2) is 23.0 Å². The van der Waals surface area contributed by atoms with Crippen LogP contribution in [0, 0.1) is 0 Å². The smallest absolute Gasteiger partial charge is 0.193 e. The molecule has 2 rings (SSSR count). The van der Waals surface area contributed by atoms with Gasteiger partial charge in [0.25, 0.3) is 0 Å². The Balaban J connectivity index is 1.89. The fraction of sp³-hybridized carbons (Fsp3) is 0.364. The van der Waals surface area contributed by atoms with Gasteiger partial charge in [0, 0.05) is 24.2 Å². The number of nitrogens with one attached hydrogen (secondary N) is 1. The van der Waals surface area contributed by atoms with Crippen LogP contribution >= 0.6 is 11.3 Å². The number of rotatable bonds is 5. The summed E-state index contributed by atoms with van der Waals surface area (Å²) in [4.78, 5) is 5.58. The molecule has 0 aliphatic heterocycles. The van der Waals surface area contributed by atoms with Crippen LogP contribution in [0.5, 0.6) is 0 Å². The van der Waals surface area contributed by atoms with Crippen molar-refractivity contribution in [3.05, 3.63) is 35.6 Å². The zero-order chi connectivity index (χ0) is 10.5. The van der Waals surface area contributed by atoms with E-state index in [2.05, 4.69) is 38.4 Å². The molecule has 15 heavy (non-hydrogen) atoms. The van der Waals surface area contributed by atoms with Gasteiger partial charge in [-0.25, -0.2) is 4.98 Å². The second kappa shape index (κ2) is 5.09. The first-order valence-electron chi connectivity index (χ1n) is 5.11. The van der Waals surface area contributed by atoms with Gasteiger partial charge < -0.3 is 5.32 Å². The number of allylic oxidation sites excluding steroid dienone is 1. The first kappa shape index (κ1) is 10.4. The Hall–Kier alpha value is -1.13. The molecular weight excluding hydrogens is 206 g/mol. The summed E-state index contributed by atoms with van der Waals surface area (Å²) in [5, 5.41) is 5.16. The van der Waals surface area contributed by atoms with Crippen molar-refractivity contribution in [1.29, 1.82) is 0 Å². The second-order valence-electron chi connectivity index (χ2n) is 3.39. The summed E-state index contributed by atoms with van der Waals surface area (Å²) in [5.41, 5.74) is 1.14. The van der Waals surface area contributed by atoms with E-state index >= 15 is 0 Å². The highest BCUT2D eigenvalue weighted by Gasteiger charge is 1.99. The molecule has 2 aromatic heterocycles. The van der Waals surface area contributed by atoms with Crippen LogP contribution in [0.15, 0.2) is 29.9 Å². The molecule has 0 amide bonds. The van der Waals surface area contributed by atoms with E-state index in [0.717, 1.165) is 30.0 Å². The van der Waals surface area contributed by atoms with Crippen molar-refractivity contribution < 1.29 is 0 Å². The lowest BCUT2D eigenvalue weighted by Crippen LogP contribution is -2.05. The molecule has 0 fully saturated rings. The molecule has 0 bridgehead atoms. The van der Waals surface area contributed by atoms with E-state index in [-0.39, 0.29) is 0 Å². The Morgan fingerprint density at radius 2 is 2.47 bits per heavy atom. The summed E-state index contributed by atoms with van der Waals surface area (Å²) in [5.74, 6) is 0. The van der Waals surface area contributed by atoms with E-state index in [9.17, 15) is 0 Å². The van der Waals surface area contributed by atoms with Crippen molar-refractivity contribution in [3.8, 4) is 0 Å². The number of aromatic nitrogens is 2. The molecule has 0 atom stereocenters. The minimum absolute atomic E-state index is 0.929. The zero-order valence-electron chi connectivity index (χ0n) is 8.81. The maximum atomic E-state index is 4.51. The molecule has 0 aliphatic rings. The Labute approximate surface area is 93.5 Å². The van der Waals surface area contributed by atoms with Crippen LogP contribution in [0.1, 0.15) is 12.1 Å². The van der Waals surface area contributed by atoms with E-state index in [1.807, 2.05) is 13.2 Å². The van der Waals surface area contributed by atoms with E-state index in [1.165, 1.54) is 0 Å². The third-order valence-corrected chi connectivity index (χ3v) is 2.97. The second-order valence-corrected chi connectivity index (χ2v) is 4.27. The fourth-order valence-corrected chi connectivity index (χ4v) is 2.14. The lowest BCUT2D eigenvalue weighted by Gasteiger charge is -1.90. The largest absolute Gasteiger partial charge is 0.319 e. The van der Waals surface area contributed by atoms with Crippen molar-refractivity contribution >= 4 is 16.3 Å². The molecule has 2 heterocycles. The summed E-state index contributed by atoms with van der Waals surface area (Å²) >= 11 is 1.67. The van der Waals surface area contributed by atoms with E-state index in [1.54, 1.807) is 11.3 Å². The molecule has 2 aromatic rings. The first-order chi connectivity index (χ1) is 7.40. The minimum Gasteiger partial charge on any atom is -0.319 e. The minimum atomic E-state index is 0.929. The number of thiazole rings is 1. The molecule has 0 saturated heterocycles. The third-order valence-electron chi connectivity index (χ3n) is 2.20. The summed E-state index contributed by atoms with van der Waals surface area (Å²) in [6.45, 7) is 1.04. The van der Waals surface area contributed by atoms with Gasteiger partial charge in [0.05, 0.1) is 5.69 Å². The van der Waals surface area contributed by atoms with Crippen LogP contribution in [0.25, 0.3) is 4.96 Å². The van der Waals surface area contributed by atoms with Crippen LogP contribution in [0.4, 0.5) is 0 Å². The average molecular weight is 221 g/mol. The number of nitrogens with zero attached hydrogens (tertiary/aromatic N) is 2. The van der Waals surface area contributed by atoms with Gasteiger partial charge >= 0.3 is 0 Å². The highest BCUT2D eigenvalue weighted by Crippen LogP contribution is 2.11. The monoisotopic (exact) mass is 221 g/mol. The predicted molar refractivity (Wildman–Crippen MR) is 64.5 cm³/mol. The normalized spacial score (nSPS) is 11.8. The van der Waals surface area contributed by atoms with Crippen molar-refractivity contribution in [3.63, 3.8) is 0 Å². The van der Waals surface area contributed by atoms with Crippen molar-refractivity contribution in [2.45, 2.75) is 12.8 Å². The van der Waals surface area contributed by atoms with Gasteiger partial charge in [-0.2, -0.15) is 0 Å². The van der Waals surface area contributed by atoms with Crippen LogP contribution in [0.3, 0.4) is 0 Å². The van der Waals surface area contributed by atoms with Crippen molar-refractivity contribution in [2.24, 2.45) is 0 Å². The van der Waals surface area contributed by atoms with Crippen LogP contribution in [-0.2, 0) is 6.42 Å². The SMILES string of the molecule is CNCC/C=C/Cc1cn2ccsc2n1. The van der Waals surface area contributed by atoms with E-state index < -0.39 is 0 Å². The zero-order valence-corrected chi connectivity index (χ0v) is 9.63. The van der Waals surface area contributed by atoms with E-state index in [0.29, 0.717) is 0 Å². The summed E-state index contributed by atoms with van der Waals surface area (Å²) < 4.78 is 2.07. The lowest BCUT2D eigenvalue weighted by molar-refractivity contribution is 0.806. The van der Waals surface area contributed by atoms with Crippen LogP contribution in [0.2, 0.25) is 0 Å². The first-order valence-corrected chi connectivity index (χ1v) is 5.99. The maximum absolute atomic E-state index is 4.51. The molecule has 0 spiro atoms. The Kier molecular flexibility index (Phi) is 3.53. The highest BCUT2D eigenvalue weighted by molar-refractivity contribution is 7.15. The number of hydrogen-bond acceptors (Lipinski definition) is 3. The molecule has 80 valence electrons. The fourth-order valence-electron chi connectivity index (χ4n) is 1.42. The molecule has 0 saturated carbocycles. The van der Waals surface area contributed by atoms with Gasteiger partial charge in [-0.05, 0) is 20.0 Å².